The van der Waals surface area contributed by atoms with Gasteiger partial charge in [0.25, 0.3) is 5.88 Å². The van der Waals surface area contributed by atoms with E-state index in [9.17, 15) is 20.0 Å². The molecule has 10 heteroatoms. The Bertz CT molecular complexity index is 954. The van der Waals surface area contributed by atoms with Crippen LogP contribution in [0.3, 0.4) is 0 Å². The average molecular weight is 394 g/mol. The van der Waals surface area contributed by atoms with Crippen LogP contribution in [0.1, 0.15) is 18.3 Å². The van der Waals surface area contributed by atoms with Crippen LogP contribution in [-0.4, -0.2) is 33.2 Å². The van der Waals surface area contributed by atoms with E-state index in [4.69, 9.17) is 21.1 Å². The fourth-order valence-corrected chi connectivity index (χ4v) is 2.39. The summed E-state index contributed by atoms with van der Waals surface area (Å²) < 4.78 is 11.0. The number of H-pyrrole nitrogens is 1. The highest BCUT2D eigenvalue weighted by molar-refractivity contribution is 6.32. The van der Waals surface area contributed by atoms with Gasteiger partial charge in [0.2, 0.25) is 0 Å². The molecule has 0 atom stereocenters. The van der Waals surface area contributed by atoms with E-state index in [0.29, 0.717) is 28.7 Å². The number of ether oxygens (including phenoxy) is 2. The molecule has 0 aliphatic rings. The van der Waals surface area contributed by atoms with Gasteiger partial charge in [0.15, 0.2) is 11.5 Å². The Labute approximate surface area is 158 Å². The lowest BCUT2D eigenvalue weighted by molar-refractivity contribution is -0.387. The monoisotopic (exact) mass is 393 g/mol. The normalized spacial score (nSPS) is 10.7. The minimum Gasteiger partial charge on any atom is -0.490 e. The Balaban J connectivity index is 2.38. The van der Waals surface area contributed by atoms with Crippen molar-refractivity contribution in [2.75, 3.05) is 13.2 Å². The fraction of sp³-hybridized carbons (Fsp3) is 0.176. The molecule has 0 saturated carbocycles. The Morgan fingerprint density at radius 1 is 1.41 bits per heavy atom. The van der Waals surface area contributed by atoms with Crippen molar-refractivity contribution in [3.8, 4) is 17.4 Å². The SMILES string of the molecule is C=CCOc1c(Cl)cc(C=Cc2nc(O)c([N+](=O)[O-])c(=O)[nH]2)cc1OCC. The number of aromatic amines is 1. The molecular formula is C17H16ClN3O6. The first kappa shape index (κ1) is 20.0. The van der Waals surface area contributed by atoms with Crippen molar-refractivity contribution in [2.24, 2.45) is 0 Å². The smallest absolute Gasteiger partial charge is 0.395 e. The van der Waals surface area contributed by atoms with Crippen LogP contribution in [0.2, 0.25) is 5.02 Å². The first-order valence-electron chi connectivity index (χ1n) is 7.73. The van der Waals surface area contributed by atoms with Gasteiger partial charge in [-0.05, 0) is 30.7 Å². The van der Waals surface area contributed by atoms with Crippen molar-refractivity contribution in [1.82, 2.24) is 9.97 Å². The molecule has 0 fully saturated rings. The number of nitro groups is 1. The van der Waals surface area contributed by atoms with Crippen molar-refractivity contribution in [3.63, 3.8) is 0 Å². The van der Waals surface area contributed by atoms with Crippen LogP contribution in [0.15, 0.2) is 29.6 Å². The molecule has 0 spiro atoms. The number of rotatable bonds is 8. The van der Waals surface area contributed by atoms with Gasteiger partial charge >= 0.3 is 11.2 Å². The first-order chi connectivity index (χ1) is 12.9. The second-order valence-corrected chi connectivity index (χ2v) is 5.48. The highest BCUT2D eigenvalue weighted by atomic mass is 35.5. The maximum atomic E-state index is 11.7. The lowest BCUT2D eigenvalue weighted by atomic mass is 10.2. The van der Waals surface area contributed by atoms with Gasteiger partial charge in [-0.25, -0.2) is 0 Å². The Morgan fingerprint density at radius 2 is 2.15 bits per heavy atom. The van der Waals surface area contributed by atoms with Crippen LogP contribution >= 0.6 is 11.6 Å². The number of halogens is 1. The van der Waals surface area contributed by atoms with Crippen LogP contribution < -0.4 is 15.0 Å². The molecule has 2 N–H and O–H groups in total. The quantitative estimate of drug-likeness (QED) is 0.400. The molecule has 0 radical (unpaired) electrons. The number of aromatic nitrogens is 2. The van der Waals surface area contributed by atoms with Gasteiger partial charge in [-0.2, -0.15) is 4.98 Å². The molecule has 0 amide bonds. The molecule has 1 aromatic carbocycles. The summed E-state index contributed by atoms with van der Waals surface area (Å²) >= 11 is 6.23. The van der Waals surface area contributed by atoms with Crippen molar-refractivity contribution in [3.05, 3.63) is 61.7 Å². The summed E-state index contributed by atoms with van der Waals surface area (Å²) in [7, 11) is 0. The number of hydrogen-bond acceptors (Lipinski definition) is 7. The van der Waals surface area contributed by atoms with Gasteiger partial charge in [0.05, 0.1) is 16.6 Å². The third-order valence-electron chi connectivity index (χ3n) is 3.19. The van der Waals surface area contributed by atoms with E-state index < -0.39 is 22.0 Å². The van der Waals surface area contributed by atoms with E-state index in [2.05, 4.69) is 16.5 Å². The van der Waals surface area contributed by atoms with E-state index in [-0.39, 0.29) is 12.4 Å². The summed E-state index contributed by atoms with van der Waals surface area (Å²) in [4.78, 5) is 27.1. The summed E-state index contributed by atoms with van der Waals surface area (Å²) in [5, 5.41) is 20.5. The minimum absolute atomic E-state index is 0.0656. The molecule has 2 aromatic rings. The standard InChI is InChI=1S/C17H16ClN3O6/c1-3-7-27-15-11(18)8-10(9-12(15)26-4-2)5-6-13-19-16(22)14(21(24)25)17(23)20-13/h3,5-6,8-9H,1,4,7H2,2H3,(H2,19,20,22,23). The van der Waals surface area contributed by atoms with Gasteiger partial charge in [0, 0.05) is 0 Å². The highest BCUT2D eigenvalue weighted by Gasteiger charge is 2.21. The molecule has 1 heterocycles. The summed E-state index contributed by atoms with van der Waals surface area (Å²) in [5.41, 5.74) is -1.49. The zero-order valence-corrected chi connectivity index (χ0v) is 15.0. The molecule has 0 bridgehead atoms. The molecule has 142 valence electrons. The zero-order valence-electron chi connectivity index (χ0n) is 14.3. The van der Waals surface area contributed by atoms with Gasteiger partial charge in [-0.3, -0.25) is 14.9 Å². The first-order valence-corrected chi connectivity index (χ1v) is 8.11. The topological polar surface area (TPSA) is 128 Å². The molecule has 0 unspecified atom stereocenters. The van der Waals surface area contributed by atoms with Gasteiger partial charge in [-0.1, -0.05) is 30.3 Å². The van der Waals surface area contributed by atoms with Crippen molar-refractivity contribution in [2.45, 2.75) is 6.92 Å². The largest absolute Gasteiger partial charge is 0.490 e. The predicted octanol–water partition coefficient (Wildman–Crippen LogP) is 3.17. The second kappa shape index (κ2) is 8.86. The number of benzene rings is 1. The second-order valence-electron chi connectivity index (χ2n) is 5.08. The number of aromatic hydroxyl groups is 1. The summed E-state index contributed by atoms with van der Waals surface area (Å²) in [5.74, 6) is -0.247. The van der Waals surface area contributed by atoms with Gasteiger partial charge in [-0.15, -0.1) is 0 Å². The van der Waals surface area contributed by atoms with E-state index in [1.165, 1.54) is 12.2 Å². The number of nitrogens with one attached hydrogen (secondary N) is 1. The molecule has 9 nitrogen and oxygen atoms in total. The molecular weight excluding hydrogens is 378 g/mol. The van der Waals surface area contributed by atoms with Crippen molar-refractivity contribution < 1.29 is 19.5 Å². The lowest BCUT2D eigenvalue weighted by Crippen LogP contribution is -2.14. The van der Waals surface area contributed by atoms with Crippen LogP contribution in [-0.2, 0) is 0 Å². The Hall–Kier alpha value is -3.33. The highest BCUT2D eigenvalue weighted by Crippen LogP contribution is 2.37. The van der Waals surface area contributed by atoms with Gasteiger partial charge < -0.3 is 19.6 Å². The van der Waals surface area contributed by atoms with Crippen LogP contribution in [0.25, 0.3) is 12.2 Å². The summed E-state index contributed by atoms with van der Waals surface area (Å²) in [6.45, 7) is 6.02. The van der Waals surface area contributed by atoms with Crippen molar-refractivity contribution in [1.29, 1.82) is 0 Å². The number of hydrogen-bond donors (Lipinski definition) is 2. The maximum absolute atomic E-state index is 11.7. The fourth-order valence-electron chi connectivity index (χ4n) is 2.12. The summed E-state index contributed by atoms with van der Waals surface area (Å²) in [6.07, 6.45) is 4.47. The van der Waals surface area contributed by atoms with E-state index in [1.807, 2.05) is 6.92 Å². The van der Waals surface area contributed by atoms with E-state index >= 15 is 0 Å². The molecule has 1 aromatic heterocycles. The van der Waals surface area contributed by atoms with E-state index in [0.717, 1.165) is 0 Å². The van der Waals surface area contributed by atoms with Crippen LogP contribution in [0.4, 0.5) is 5.69 Å². The molecule has 27 heavy (non-hydrogen) atoms. The van der Waals surface area contributed by atoms with E-state index in [1.54, 1.807) is 18.2 Å². The third kappa shape index (κ3) is 4.85. The average Bonchev–Trinajstić information content (AvgIpc) is 2.58. The zero-order chi connectivity index (χ0) is 20.0. The van der Waals surface area contributed by atoms with Crippen LogP contribution in [0, 0.1) is 10.1 Å². The molecule has 2 rings (SSSR count). The Kier molecular flexibility index (Phi) is 6.56. The molecule has 0 aliphatic carbocycles. The van der Waals surface area contributed by atoms with Crippen molar-refractivity contribution >= 4 is 29.4 Å². The summed E-state index contributed by atoms with van der Waals surface area (Å²) in [6, 6.07) is 3.26. The molecule has 0 aliphatic heterocycles. The molecule has 0 saturated heterocycles. The maximum Gasteiger partial charge on any atom is 0.395 e. The third-order valence-corrected chi connectivity index (χ3v) is 3.47. The van der Waals surface area contributed by atoms with Crippen LogP contribution in [0.5, 0.6) is 17.4 Å². The van der Waals surface area contributed by atoms with Gasteiger partial charge in [0.1, 0.15) is 12.4 Å². The number of nitrogens with zero attached hydrogens (tertiary/aromatic N) is 2. The predicted molar refractivity (Wildman–Crippen MR) is 100 cm³/mol. The lowest BCUT2D eigenvalue weighted by Gasteiger charge is -2.13. The Morgan fingerprint density at radius 3 is 2.74 bits per heavy atom. The minimum atomic E-state index is -1.06.